The van der Waals surface area contributed by atoms with Gasteiger partial charge in [0.2, 0.25) is 5.91 Å². The van der Waals surface area contributed by atoms with Crippen molar-refractivity contribution in [3.63, 3.8) is 0 Å². The maximum Gasteiger partial charge on any atom is 0.271 e. The lowest BCUT2D eigenvalue weighted by molar-refractivity contribution is -0.132. The number of methoxy groups -OCH3 is 1. The fourth-order valence-corrected chi connectivity index (χ4v) is 3.25. The van der Waals surface area contributed by atoms with E-state index in [2.05, 4.69) is 15.7 Å². The van der Waals surface area contributed by atoms with Crippen LogP contribution in [0.15, 0.2) is 53.6 Å². The molecule has 3 rings (SSSR count). The molecule has 1 heterocycles. The van der Waals surface area contributed by atoms with Crippen LogP contribution in [0.2, 0.25) is 5.02 Å². The highest BCUT2D eigenvalue weighted by molar-refractivity contribution is 6.43. The molecule has 0 aliphatic carbocycles. The smallest absolute Gasteiger partial charge is 0.271 e. The summed E-state index contributed by atoms with van der Waals surface area (Å²) in [7, 11) is 1.55. The summed E-state index contributed by atoms with van der Waals surface area (Å²) in [4.78, 5) is 37.0. The lowest BCUT2D eigenvalue weighted by atomic mass is 10.1. The summed E-state index contributed by atoms with van der Waals surface area (Å²) < 4.78 is 4.90. The molecular formula is C22H23ClN4O4. The topological polar surface area (TPSA) is 100 Å². The van der Waals surface area contributed by atoms with E-state index in [1.807, 2.05) is 30.3 Å². The number of amides is 3. The predicted molar refractivity (Wildman–Crippen MR) is 118 cm³/mol. The SMILES string of the molecule is COCCNC(=O)c1ccc(NC(=O)C2=NN(Cc3ccccc3)C(=O)CC2)cc1Cl. The van der Waals surface area contributed by atoms with Crippen LogP contribution in [0.25, 0.3) is 0 Å². The summed E-state index contributed by atoms with van der Waals surface area (Å²) in [6.45, 7) is 1.06. The molecule has 9 heteroatoms. The third-order valence-electron chi connectivity index (χ3n) is 4.61. The minimum absolute atomic E-state index is 0.132. The predicted octanol–water partition coefficient (Wildman–Crippen LogP) is 2.83. The lowest BCUT2D eigenvalue weighted by Gasteiger charge is -2.23. The fourth-order valence-electron chi connectivity index (χ4n) is 2.99. The Balaban J connectivity index is 1.66. The lowest BCUT2D eigenvalue weighted by Crippen LogP contribution is -2.36. The van der Waals surface area contributed by atoms with Crippen molar-refractivity contribution < 1.29 is 19.1 Å². The van der Waals surface area contributed by atoms with Crippen molar-refractivity contribution in [3.05, 3.63) is 64.7 Å². The van der Waals surface area contributed by atoms with Gasteiger partial charge in [0.15, 0.2) is 0 Å². The number of nitrogens with one attached hydrogen (secondary N) is 2. The van der Waals surface area contributed by atoms with E-state index in [0.29, 0.717) is 30.9 Å². The van der Waals surface area contributed by atoms with Gasteiger partial charge < -0.3 is 15.4 Å². The van der Waals surface area contributed by atoms with Gasteiger partial charge in [-0.3, -0.25) is 14.4 Å². The van der Waals surface area contributed by atoms with Gasteiger partial charge in [-0.2, -0.15) is 5.10 Å². The molecule has 0 bridgehead atoms. The fraction of sp³-hybridized carbons (Fsp3) is 0.273. The van der Waals surface area contributed by atoms with Crippen LogP contribution >= 0.6 is 11.6 Å². The van der Waals surface area contributed by atoms with Crippen LogP contribution in [-0.4, -0.2) is 48.7 Å². The second-order valence-corrected chi connectivity index (χ2v) is 7.29. The van der Waals surface area contributed by atoms with E-state index in [0.717, 1.165) is 5.56 Å². The molecule has 0 saturated carbocycles. The van der Waals surface area contributed by atoms with E-state index in [9.17, 15) is 14.4 Å². The van der Waals surface area contributed by atoms with Crippen molar-refractivity contribution in [2.75, 3.05) is 25.6 Å². The molecule has 31 heavy (non-hydrogen) atoms. The van der Waals surface area contributed by atoms with Crippen molar-refractivity contribution in [1.29, 1.82) is 0 Å². The molecule has 0 unspecified atom stereocenters. The van der Waals surface area contributed by atoms with E-state index in [-0.39, 0.29) is 35.4 Å². The zero-order valence-electron chi connectivity index (χ0n) is 17.1. The van der Waals surface area contributed by atoms with E-state index in [1.54, 1.807) is 13.2 Å². The van der Waals surface area contributed by atoms with Gasteiger partial charge in [-0.25, -0.2) is 5.01 Å². The Labute approximate surface area is 185 Å². The summed E-state index contributed by atoms with van der Waals surface area (Å²) in [5.74, 6) is -0.877. The van der Waals surface area contributed by atoms with Gasteiger partial charge in [-0.1, -0.05) is 41.9 Å². The largest absolute Gasteiger partial charge is 0.383 e. The second kappa shape index (κ2) is 10.7. The molecule has 1 aliphatic heterocycles. The Morgan fingerprint density at radius 1 is 1.13 bits per heavy atom. The Kier molecular flexibility index (Phi) is 7.75. The summed E-state index contributed by atoms with van der Waals surface area (Å²) in [5, 5.41) is 11.2. The van der Waals surface area contributed by atoms with Crippen molar-refractivity contribution >= 4 is 40.7 Å². The standard InChI is InChI=1S/C22H23ClN4O4/c1-31-12-11-24-21(29)17-8-7-16(13-18(17)23)25-22(30)19-9-10-20(28)27(26-19)14-15-5-3-2-4-6-15/h2-8,13H,9-12,14H2,1H3,(H,24,29)(H,25,30). The first-order chi connectivity index (χ1) is 15.0. The summed E-state index contributed by atoms with van der Waals surface area (Å²) >= 11 is 6.21. The van der Waals surface area contributed by atoms with Gasteiger partial charge in [0, 0.05) is 32.2 Å². The van der Waals surface area contributed by atoms with Gasteiger partial charge in [0.25, 0.3) is 11.8 Å². The third-order valence-corrected chi connectivity index (χ3v) is 4.92. The number of anilines is 1. The van der Waals surface area contributed by atoms with Crippen LogP contribution in [0.5, 0.6) is 0 Å². The molecule has 0 aromatic heterocycles. The molecule has 1 aliphatic rings. The quantitative estimate of drug-likeness (QED) is 0.614. The zero-order chi connectivity index (χ0) is 22.2. The first-order valence-corrected chi connectivity index (χ1v) is 10.2. The number of nitrogens with zero attached hydrogens (tertiary/aromatic N) is 2. The summed E-state index contributed by atoms with van der Waals surface area (Å²) in [5.41, 5.74) is 1.91. The van der Waals surface area contributed by atoms with Gasteiger partial charge in [-0.15, -0.1) is 0 Å². The highest BCUT2D eigenvalue weighted by atomic mass is 35.5. The monoisotopic (exact) mass is 442 g/mol. The average Bonchev–Trinajstić information content (AvgIpc) is 2.76. The average molecular weight is 443 g/mol. The van der Waals surface area contributed by atoms with Crippen LogP contribution in [0.3, 0.4) is 0 Å². The van der Waals surface area contributed by atoms with E-state index in [4.69, 9.17) is 16.3 Å². The molecule has 2 N–H and O–H groups in total. The van der Waals surface area contributed by atoms with Crippen molar-refractivity contribution in [1.82, 2.24) is 10.3 Å². The van der Waals surface area contributed by atoms with Crippen LogP contribution in [0.4, 0.5) is 5.69 Å². The normalized spacial score (nSPS) is 13.5. The number of ether oxygens (including phenoxy) is 1. The molecule has 0 saturated heterocycles. The molecule has 0 fully saturated rings. The maximum atomic E-state index is 12.7. The van der Waals surface area contributed by atoms with Crippen molar-refractivity contribution in [3.8, 4) is 0 Å². The highest BCUT2D eigenvalue weighted by Crippen LogP contribution is 2.22. The van der Waals surface area contributed by atoms with Crippen LogP contribution in [0, 0.1) is 0 Å². The minimum Gasteiger partial charge on any atom is -0.383 e. The van der Waals surface area contributed by atoms with E-state index in [1.165, 1.54) is 17.1 Å². The summed E-state index contributed by atoms with van der Waals surface area (Å²) in [6.07, 6.45) is 0.462. The zero-order valence-corrected chi connectivity index (χ0v) is 17.8. The minimum atomic E-state index is -0.418. The highest BCUT2D eigenvalue weighted by Gasteiger charge is 2.25. The van der Waals surface area contributed by atoms with Crippen LogP contribution in [0.1, 0.15) is 28.8 Å². The van der Waals surface area contributed by atoms with Gasteiger partial charge in [0.1, 0.15) is 5.71 Å². The Hall–Kier alpha value is -3.23. The Morgan fingerprint density at radius 2 is 1.90 bits per heavy atom. The van der Waals surface area contributed by atoms with Crippen LogP contribution in [-0.2, 0) is 20.9 Å². The van der Waals surface area contributed by atoms with Gasteiger partial charge >= 0.3 is 0 Å². The Bertz CT molecular complexity index is 994. The first-order valence-electron chi connectivity index (χ1n) is 9.77. The first kappa shape index (κ1) is 22.5. The van der Waals surface area contributed by atoms with E-state index < -0.39 is 5.91 Å². The molecule has 3 amide bonds. The molecule has 0 radical (unpaired) electrons. The second-order valence-electron chi connectivity index (χ2n) is 6.88. The number of carbonyl (C=O) groups excluding carboxylic acids is 3. The van der Waals surface area contributed by atoms with Gasteiger partial charge in [0.05, 0.1) is 23.7 Å². The van der Waals surface area contributed by atoms with Gasteiger partial charge in [-0.05, 0) is 23.8 Å². The van der Waals surface area contributed by atoms with Crippen molar-refractivity contribution in [2.24, 2.45) is 5.10 Å². The maximum absolute atomic E-state index is 12.7. The molecule has 2 aromatic carbocycles. The number of halogens is 1. The number of rotatable bonds is 8. The molecule has 0 spiro atoms. The molecule has 0 atom stereocenters. The Morgan fingerprint density at radius 3 is 2.61 bits per heavy atom. The number of benzene rings is 2. The molecule has 8 nitrogen and oxygen atoms in total. The number of carbonyl (C=O) groups is 3. The molecule has 162 valence electrons. The number of hydrogen-bond donors (Lipinski definition) is 2. The van der Waals surface area contributed by atoms with Crippen LogP contribution < -0.4 is 10.6 Å². The number of hydrogen-bond acceptors (Lipinski definition) is 5. The third kappa shape index (κ3) is 6.13. The molecular weight excluding hydrogens is 420 g/mol. The number of hydrazone groups is 1. The summed E-state index contributed by atoms with van der Waals surface area (Å²) in [6, 6.07) is 14.1. The van der Waals surface area contributed by atoms with E-state index >= 15 is 0 Å². The molecule has 2 aromatic rings. The van der Waals surface area contributed by atoms with Crippen molar-refractivity contribution in [2.45, 2.75) is 19.4 Å².